The normalized spacial score (nSPS) is 24.8. The van der Waals surface area contributed by atoms with Gasteiger partial charge in [-0.2, -0.15) is 11.8 Å². The molecule has 1 aromatic carbocycles. The first kappa shape index (κ1) is 11.4. The monoisotopic (exact) mass is 248 g/mol. The summed E-state index contributed by atoms with van der Waals surface area (Å²) >= 11 is 2.11. The van der Waals surface area contributed by atoms with E-state index in [4.69, 9.17) is 5.73 Å². The van der Waals surface area contributed by atoms with Crippen LogP contribution in [0.1, 0.15) is 17.5 Å². The van der Waals surface area contributed by atoms with Crippen LogP contribution in [0.3, 0.4) is 0 Å². The molecule has 1 fully saturated rings. The minimum atomic E-state index is 0.919. The molecule has 0 amide bonds. The van der Waals surface area contributed by atoms with E-state index >= 15 is 0 Å². The second-order valence-electron chi connectivity index (χ2n) is 5.20. The van der Waals surface area contributed by atoms with E-state index in [0.717, 1.165) is 24.6 Å². The van der Waals surface area contributed by atoms with Gasteiger partial charge in [0.15, 0.2) is 0 Å². The Labute approximate surface area is 108 Å². The highest BCUT2D eigenvalue weighted by Gasteiger charge is 2.22. The van der Waals surface area contributed by atoms with E-state index in [1.165, 1.54) is 42.1 Å². The summed E-state index contributed by atoms with van der Waals surface area (Å²) in [6.07, 6.45) is 2.53. The summed E-state index contributed by atoms with van der Waals surface area (Å²) in [6, 6.07) is 6.35. The molecule has 2 nitrogen and oxygen atoms in total. The number of thioether (sulfide) groups is 1. The lowest BCUT2D eigenvalue weighted by Gasteiger charge is -2.31. The Balaban J connectivity index is 1.68. The SMILES string of the molecule is Nc1cccc2c1CCN(CC1CCSC1)C2. The van der Waals surface area contributed by atoms with Crippen LogP contribution in [0.4, 0.5) is 5.69 Å². The van der Waals surface area contributed by atoms with E-state index in [2.05, 4.69) is 28.8 Å². The summed E-state index contributed by atoms with van der Waals surface area (Å²) in [4.78, 5) is 2.61. The molecule has 2 aliphatic heterocycles. The number of hydrogen-bond donors (Lipinski definition) is 1. The van der Waals surface area contributed by atoms with Crippen LogP contribution in [-0.4, -0.2) is 29.5 Å². The quantitative estimate of drug-likeness (QED) is 0.815. The average Bonchev–Trinajstić information content (AvgIpc) is 2.82. The third kappa shape index (κ3) is 2.45. The fourth-order valence-corrected chi connectivity index (χ4v) is 4.22. The molecule has 0 aliphatic carbocycles. The molecule has 0 spiro atoms. The van der Waals surface area contributed by atoms with E-state index in [9.17, 15) is 0 Å². The first-order valence-electron chi connectivity index (χ1n) is 6.49. The van der Waals surface area contributed by atoms with Crippen LogP contribution in [-0.2, 0) is 13.0 Å². The van der Waals surface area contributed by atoms with Crippen molar-refractivity contribution in [2.24, 2.45) is 5.92 Å². The standard InChI is InChI=1S/C14H20N2S/c15-14-3-1-2-12-9-16(6-4-13(12)14)8-11-5-7-17-10-11/h1-3,11H,4-10,15H2. The van der Waals surface area contributed by atoms with Crippen LogP contribution in [0.25, 0.3) is 0 Å². The topological polar surface area (TPSA) is 29.3 Å². The summed E-state index contributed by atoms with van der Waals surface area (Å²) < 4.78 is 0. The molecule has 1 unspecified atom stereocenters. The van der Waals surface area contributed by atoms with Crippen molar-refractivity contribution in [3.05, 3.63) is 29.3 Å². The molecule has 1 saturated heterocycles. The van der Waals surface area contributed by atoms with Crippen molar-refractivity contribution in [3.8, 4) is 0 Å². The van der Waals surface area contributed by atoms with Gasteiger partial charge in [0, 0.05) is 25.3 Å². The third-order valence-electron chi connectivity index (χ3n) is 3.92. The predicted molar refractivity (Wildman–Crippen MR) is 75.3 cm³/mol. The van der Waals surface area contributed by atoms with E-state index in [1.54, 1.807) is 0 Å². The van der Waals surface area contributed by atoms with Gasteiger partial charge in [-0.1, -0.05) is 12.1 Å². The van der Waals surface area contributed by atoms with Crippen molar-refractivity contribution in [1.29, 1.82) is 0 Å². The summed E-state index contributed by atoms with van der Waals surface area (Å²) in [6.45, 7) is 3.56. The molecule has 0 radical (unpaired) electrons. The molecule has 0 aromatic heterocycles. The zero-order valence-corrected chi connectivity index (χ0v) is 11.0. The molecule has 3 rings (SSSR count). The van der Waals surface area contributed by atoms with Crippen LogP contribution in [0.15, 0.2) is 18.2 Å². The van der Waals surface area contributed by atoms with E-state index < -0.39 is 0 Å². The van der Waals surface area contributed by atoms with Crippen LogP contribution < -0.4 is 5.73 Å². The van der Waals surface area contributed by atoms with Crippen molar-refractivity contribution in [1.82, 2.24) is 4.90 Å². The summed E-state index contributed by atoms with van der Waals surface area (Å²) in [5.74, 6) is 3.64. The second kappa shape index (κ2) is 4.91. The average molecular weight is 248 g/mol. The molecule has 17 heavy (non-hydrogen) atoms. The third-order valence-corrected chi connectivity index (χ3v) is 5.15. The Kier molecular flexibility index (Phi) is 3.30. The number of fused-ring (bicyclic) bond motifs is 1. The number of nitrogens with zero attached hydrogens (tertiary/aromatic N) is 1. The van der Waals surface area contributed by atoms with E-state index in [0.29, 0.717) is 0 Å². The number of rotatable bonds is 2. The Hall–Kier alpha value is -0.670. The second-order valence-corrected chi connectivity index (χ2v) is 6.35. The van der Waals surface area contributed by atoms with Crippen molar-refractivity contribution in [2.45, 2.75) is 19.4 Å². The van der Waals surface area contributed by atoms with Gasteiger partial charge in [0.25, 0.3) is 0 Å². The molecule has 1 aromatic rings. The summed E-state index contributed by atoms with van der Waals surface area (Å²) in [7, 11) is 0. The smallest absolute Gasteiger partial charge is 0.0350 e. The van der Waals surface area contributed by atoms with E-state index in [-0.39, 0.29) is 0 Å². The summed E-state index contributed by atoms with van der Waals surface area (Å²) in [5.41, 5.74) is 9.85. The highest BCUT2D eigenvalue weighted by molar-refractivity contribution is 7.99. The molecular weight excluding hydrogens is 228 g/mol. The van der Waals surface area contributed by atoms with Gasteiger partial charge in [0.1, 0.15) is 0 Å². The van der Waals surface area contributed by atoms with Gasteiger partial charge in [-0.25, -0.2) is 0 Å². The minimum Gasteiger partial charge on any atom is -0.398 e. The first-order chi connectivity index (χ1) is 8.33. The molecule has 1 atom stereocenters. The largest absolute Gasteiger partial charge is 0.398 e. The summed E-state index contributed by atoms with van der Waals surface area (Å²) in [5, 5.41) is 0. The Morgan fingerprint density at radius 1 is 1.41 bits per heavy atom. The van der Waals surface area contributed by atoms with Crippen molar-refractivity contribution in [2.75, 3.05) is 30.3 Å². The maximum absolute atomic E-state index is 6.03. The van der Waals surface area contributed by atoms with Gasteiger partial charge >= 0.3 is 0 Å². The lowest BCUT2D eigenvalue weighted by molar-refractivity contribution is 0.222. The van der Waals surface area contributed by atoms with Crippen LogP contribution in [0, 0.1) is 5.92 Å². The Morgan fingerprint density at radius 3 is 3.18 bits per heavy atom. The molecular formula is C14H20N2S. The number of hydrogen-bond acceptors (Lipinski definition) is 3. The molecule has 3 heteroatoms. The molecule has 0 saturated carbocycles. The van der Waals surface area contributed by atoms with Crippen LogP contribution in [0.5, 0.6) is 0 Å². The number of anilines is 1. The van der Waals surface area contributed by atoms with Gasteiger partial charge < -0.3 is 5.73 Å². The first-order valence-corrected chi connectivity index (χ1v) is 7.65. The number of nitrogen functional groups attached to an aromatic ring is 1. The van der Waals surface area contributed by atoms with E-state index in [1.807, 2.05) is 6.07 Å². The lowest BCUT2D eigenvalue weighted by atomic mass is 9.97. The Bertz CT molecular complexity index is 399. The fraction of sp³-hybridized carbons (Fsp3) is 0.571. The van der Waals surface area contributed by atoms with Gasteiger partial charge in [-0.3, -0.25) is 4.90 Å². The number of nitrogens with two attached hydrogens (primary N) is 1. The van der Waals surface area contributed by atoms with Gasteiger partial charge in [-0.15, -0.1) is 0 Å². The van der Waals surface area contributed by atoms with Gasteiger partial charge in [0.05, 0.1) is 0 Å². The maximum atomic E-state index is 6.03. The van der Waals surface area contributed by atoms with Crippen LogP contribution >= 0.6 is 11.8 Å². The van der Waals surface area contributed by atoms with Crippen molar-refractivity contribution in [3.63, 3.8) is 0 Å². The maximum Gasteiger partial charge on any atom is 0.0350 e. The molecule has 2 N–H and O–H groups in total. The van der Waals surface area contributed by atoms with Gasteiger partial charge in [-0.05, 0) is 47.5 Å². The minimum absolute atomic E-state index is 0.919. The van der Waals surface area contributed by atoms with Crippen molar-refractivity contribution < 1.29 is 0 Å². The zero-order chi connectivity index (χ0) is 11.7. The molecule has 2 aliphatic rings. The lowest BCUT2D eigenvalue weighted by Crippen LogP contribution is -2.35. The molecule has 2 heterocycles. The highest BCUT2D eigenvalue weighted by atomic mass is 32.2. The highest BCUT2D eigenvalue weighted by Crippen LogP contribution is 2.28. The fourth-order valence-electron chi connectivity index (χ4n) is 2.95. The van der Waals surface area contributed by atoms with Gasteiger partial charge in [0.2, 0.25) is 0 Å². The molecule has 92 valence electrons. The van der Waals surface area contributed by atoms with Crippen molar-refractivity contribution >= 4 is 17.4 Å². The van der Waals surface area contributed by atoms with Crippen LogP contribution in [0.2, 0.25) is 0 Å². The predicted octanol–water partition coefficient (Wildman–Crippen LogP) is 2.38. The number of benzene rings is 1. The Morgan fingerprint density at radius 2 is 2.35 bits per heavy atom. The molecule has 0 bridgehead atoms. The zero-order valence-electron chi connectivity index (χ0n) is 10.2.